The Hall–Kier alpha value is 1.32. The van der Waals surface area contributed by atoms with Crippen molar-refractivity contribution in [2.45, 2.75) is 29.6 Å². The van der Waals surface area contributed by atoms with E-state index in [0.717, 1.165) is 17.3 Å². The predicted molar refractivity (Wildman–Crippen MR) is 56.3 cm³/mol. The van der Waals surface area contributed by atoms with Gasteiger partial charge in [-0.05, 0) is 39.9 Å². The summed E-state index contributed by atoms with van der Waals surface area (Å²) in [7, 11) is 0. The van der Waals surface area contributed by atoms with Gasteiger partial charge < -0.3 is 0 Å². The van der Waals surface area contributed by atoms with Gasteiger partial charge in [0.15, 0.2) is 0 Å². The van der Waals surface area contributed by atoms with E-state index in [4.69, 9.17) is 0 Å². The molecule has 0 amide bonds. The molecule has 0 radical (unpaired) electrons. The highest BCUT2D eigenvalue weighted by molar-refractivity contribution is 14.1. The molecule has 0 bridgehead atoms. The summed E-state index contributed by atoms with van der Waals surface area (Å²) in [4.78, 5) is 0. The third-order valence-corrected chi connectivity index (χ3v) is 2.40. The molecule has 4 heteroatoms. The number of unbranched alkanes of at least 4 members (excludes halogenated alkanes) is 2. The summed E-state index contributed by atoms with van der Waals surface area (Å²) in [6, 6.07) is 0. The molecule has 0 saturated carbocycles. The molecule has 0 fully saturated rings. The van der Waals surface area contributed by atoms with Crippen molar-refractivity contribution < 1.29 is 8.78 Å². The van der Waals surface area contributed by atoms with Gasteiger partial charge in [0.1, 0.15) is 0 Å². The number of hydrogen-bond donors (Lipinski definition) is 0. The molecule has 0 N–H and O–H groups in total. The van der Waals surface area contributed by atoms with Gasteiger partial charge in [-0.3, -0.25) is 0 Å². The van der Waals surface area contributed by atoms with Crippen molar-refractivity contribution in [3.05, 3.63) is 0 Å². The first kappa shape index (κ1) is 11.3. The molecule has 62 valence electrons. The van der Waals surface area contributed by atoms with Crippen LogP contribution in [0, 0.1) is 0 Å². The van der Waals surface area contributed by atoms with Crippen molar-refractivity contribution in [1.82, 2.24) is 0 Å². The minimum atomic E-state index is -2.48. The van der Waals surface area contributed by atoms with Crippen LogP contribution in [0.4, 0.5) is 8.78 Å². The van der Waals surface area contributed by atoms with E-state index < -0.39 is 3.93 Å². The van der Waals surface area contributed by atoms with E-state index in [0.29, 0.717) is 6.42 Å². The molecule has 0 unspecified atom stereocenters. The molecular formula is C6H10F2I2. The van der Waals surface area contributed by atoms with E-state index in [9.17, 15) is 8.78 Å². The van der Waals surface area contributed by atoms with E-state index in [2.05, 4.69) is 22.6 Å². The zero-order valence-corrected chi connectivity index (χ0v) is 9.86. The van der Waals surface area contributed by atoms with Crippen molar-refractivity contribution in [3.8, 4) is 0 Å². The van der Waals surface area contributed by atoms with Crippen LogP contribution in [-0.4, -0.2) is 8.36 Å². The van der Waals surface area contributed by atoms with Gasteiger partial charge >= 0.3 is 0 Å². The maximum atomic E-state index is 12.1. The standard InChI is InChI=1S/C6H10F2I2/c7-6(8,10)4-2-1-3-5-9/h1-5H2. The lowest BCUT2D eigenvalue weighted by atomic mass is 10.2. The van der Waals surface area contributed by atoms with Gasteiger partial charge in [-0.25, -0.2) is 0 Å². The van der Waals surface area contributed by atoms with E-state index >= 15 is 0 Å². The van der Waals surface area contributed by atoms with Gasteiger partial charge in [0, 0.05) is 6.42 Å². The molecule has 0 spiro atoms. The van der Waals surface area contributed by atoms with Gasteiger partial charge in [0.05, 0.1) is 0 Å². The Labute approximate surface area is 87.4 Å². The van der Waals surface area contributed by atoms with Gasteiger partial charge in [-0.2, -0.15) is 8.78 Å². The second-order valence-corrected chi connectivity index (χ2v) is 4.77. The summed E-state index contributed by atoms with van der Waals surface area (Å²) in [5.41, 5.74) is 0. The average Bonchev–Trinajstić information content (AvgIpc) is 1.78. The van der Waals surface area contributed by atoms with Crippen molar-refractivity contribution in [3.63, 3.8) is 0 Å². The molecule has 0 aliphatic rings. The highest BCUT2D eigenvalue weighted by atomic mass is 127. The number of halogens is 4. The maximum absolute atomic E-state index is 12.1. The summed E-state index contributed by atoms with van der Waals surface area (Å²) < 4.78 is 22.9. The topological polar surface area (TPSA) is 0 Å². The molecule has 0 aliphatic carbocycles. The Morgan fingerprint density at radius 2 is 1.70 bits per heavy atom. The lowest BCUT2D eigenvalue weighted by Gasteiger charge is -2.06. The molecule has 0 heterocycles. The molecule has 0 aromatic heterocycles. The second-order valence-electron chi connectivity index (χ2n) is 2.11. The van der Waals surface area contributed by atoms with Crippen LogP contribution in [0.5, 0.6) is 0 Å². The van der Waals surface area contributed by atoms with E-state index in [1.54, 1.807) is 0 Å². The van der Waals surface area contributed by atoms with E-state index in [1.165, 1.54) is 22.6 Å². The normalized spacial score (nSPS) is 12.0. The van der Waals surface area contributed by atoms with Crippen LogP contribution in [0.1, 0.15) is 25.7 Å². The minimum Gasteiger partial charge on any atom is -0.195 e. The van der Waals surface area contributed by atoms with Crippen LogP contribution < -0.4 is 0 Å². The molecule has 0 aliphatic heterocycles. The van der Waals surface area contributed by atoms with Gasteiger partial charge in [-0.15, -0.1) is 0 Å². The van der Waals surface area contributed by atoms with Crippen molar-refractivity contribution in [2.75, 3.05) is 4.43 Å². The maximum Gasteiger partial charge on any atom is 0.296 e. The van der Waals surface area contributed by atoms with Gasteiger partial charge in [0.2, 0.25) is 0 Å². The van der Waals surface area contributed by atoms with Gasteiger partial charge in [-0.1, -0.05) is 29.0 Å². The highest BCUT2D eigenvalue weighted by Gasteiger charge is 2.21. The lowest BCUT2D eigenvalue weighted by Crippen LogP contribution is -2.03. The quantitative estimate of drug-likeness (QED) is 0.388. The molecule has 0 nitrogen and oxygen atoms in total. The third-order valence-electron chi connectivity index (χ3n) is 1.09. The summed E-state index contributed by atoms with van der Waals surface area (Å²) >= 11 is 3.45. The van der Waals surface area contributed by atoms with Crippen LogP contribution in [-0.2, 0) is 0 Å². The third kappa shape index (κ3) is 9.32. The molecular weight excluding hydrogens is 364 g/mol. The Morgan fingerprint density at radius 1 is 1.10 bits per heavy atom. The van der Waals surface area contributed by atoms with E-state index in [1.807, 2.05) is 0 Å². The molecule has 0 aromatic rings. The fraction of sp³-hybridized carbons (Fsp3) is 1.00. The monoisotopic (exact) mass is 374 g/mol. The SMILES string of the molecule is FC(F)(I)CCCCCI. The fourth-order valence-corrected chi connectivity index (χ4v) is 1.52. The zero-order valence-electron chi connectivity index (χ0n) is 5.55. The first-order valence-corrected chi connectivity index (χ1v) is 5.79. The number of hydrogen-bond acceptors (Lipinski definition) is 0. The largest absolute Gasteiger partial charge is 0.296 e. The van der Waals surface area contributed by atoms with Crippen LogP contribution in [0.15, 0.2) is 0 Å². The fourth-order valence-electron chi connectivity index (χ4n) is 0.597. The van der Waals surface area contributed by atoms with Crippen LogP contribution in [0.25, 0.3) is 0 Å². The second kappa shape index (κ2) is 5.91. The van der Waals surface area contributed by atoms with Gasteiger partial charge in [0.25, 0.3) is 3.93 Å². The number of alkyl halides is 4. The van der Waals surface area contributed by atoms with Crippen LogP contribution in [0.3, 0.4) is 0 Å². The Morgan fingerprint density at radius 3 is 2.10 bits per heavy atom. The Balaban J connectivity index is 3.04. The Kier molecular flexibility index (Phi) is 6.69. The first-order valence-electron chi connectivity index (χ1n) is 3.19. The summed E-state index contributed by atoms with van der Waals surface area (Å²) in [5, 5.41) is 0. The molecule has 10 heavy (non-hydrogen) atoms. The molecule has 0 rings (SSSR count). The smallest absolute Gasteiger partial charge is 0.195 e. The zero-order chi connectivity index (χ0) is 8.04. The van der Waals surface area contributed by atoms with Crippen molar-refractivity contribution >= 4 is 45.2 Å². The predicted octanol–water partition coefficient (Wildman–Crippen LogP) is 4.01. The summed E-state index contributed by atoms with van der Waals surface area (Å²) in [6.45, 7) is 0. The van der Waals surface area contributed by atoms with Crippen molar-refractivity contribution in [2.24, 2.45) is 0 Å². The molecule has 0 atom stereocenters. The molecule has 0 saturated heterocycles. The highest BCUT2D eigenvalue weighted by Crippen LogP contribution is 2.28. The first-order chi connectivity index (χ1) is 4.56. The lowest BCUT2D eigenvalue weighted by molar-refractivity contribution is 0.113. The van der Waals surface area contributed by atoms with Crippen LogP contribution >= 0.6 is 45.2 Å². The summed E-state index contributed by atoms with van der Waals surface area (Å²) in [6.07, 6.45) is 2.68. The minimum absolute atomic E-state index is 0.0319. The van der Waals surface area contributed by atoms with Crippen LogP contribution in [0.2, 0.25) is 0 Å². The van der Waals surface area contributed by atoms with E-state index in [-0.39, 0.29) is 6.42 Å². The van der Waals surface area contributed by atoms with Crippen molar-refractivity contribution in [1.29, 1.82) is 0 Å². The Bertz CT molecular complexity index is 80.3. The number of rotatable bonds is 5. The average molecular weight is 374 g/mol. The summed E-state index contributed by atoms with van der Waals surface area (Å²) in [5.74, 6) is 0. The molecule has 0 aromatic carbocycles.